The van der Waals surface area contributed by atoms with Gasteiger partial charge in [0, 0.05) is 15.6 Å². The Hall–Kier alpha value is -1.06. The molecule has 110 valence electrons. The highest BCUT2D eigenvalue weighted by Gasteiger charge is 2.27. The van der Waals surface area contributed by atoms with Crippen LogP contribution in [0, 0.1) is 0 Å². The summed E-state index contributed by atoms with van der Waals surface area (Å²) in [5.74, 6) is 6.46. The SMILES string of the molecule is NNC(c1ccccc1C1CCC1)c1c(Cl)cccc1Cl. The lowest BCUT2D eigenvalue weighted by Crippen LogP contribution is -2.30. The molecule has 1 saturated carbocycles. The first-order valence-corrected chi connectivity index (χ1v) is 7.97. The van der Waals surface area contributed by atoms with Crippen LogP contribution < -0.4 is 11.3 Å². The van der Waals surface area contributed by atoms with Crippen molar-refractivity contribution in [1.82, 2.24) is 5.43 Å². The topological polar surface area (TPSA) is 38.0 Å². The van der Waals surface area contributed by atoms with Gasteiger partial charge in [-0.1, -0.05) is 60.0 Å². The molecule has 0 bridgehead atoms. The maximum absolute atomic E-state index is 6.35. The zero-order chi connectivity index (χ0) is 14.8. The normalized spacial score (nSPS) is 16.5. The van der Waals surface area contributed by atoms with Gasteiger partial charge in [-0.15, -0.1) is 0 Å². The van der Waals surface area contributed by atoms with E-state index in [2.05, 4.69) is 23.6 Å². The number of halogens is 2. The predicted octanol–water partition coefficient (Wildman–Crippen LogP) is 4.81. The fraction of sp³-hybridized carbons (Fsp3) is 0.294. The Labute approximate surface area is 135 Å². The summed E-state index contributed by atoms with van der Waals surface area (Å²) in [6, 6.07) is 13.8. The van der Waals surface area contributed by atoms with Crippen molar-refractivity contribution in [1.29, 1.82) is 0 Å². The first-order chi connectivity index (χ1) is 10.2. The van der Waals surface area contributed by atoms with Gasteiger partial charge in [-0.05, 0) is 42.0 Å². The molecule has 2 aromatic carbocycles. The van der Waals surface area contributed by atoms with Crippen molar-refractivity contribution in [3.8, 4) is 0 Å². The first kappa shape index (κ1) is 14.9. The summed E-state index contributed by atoms with van der Waals surface area (Å²) >= 11 is 12.7. The van der Waals surface area contributed by atoms with Crippen molar-refractivity contribution in [3.63, 3.8) is 0 Å². The number of nitrogens with two attached hydrogens (primary N) is 1. The zero-order valence-corrected chi connectivity index (χ0v) is 13.2. The van der Waals surface area contributed by atoms with E-state index >= 15 is 0 Å². The molecule has 0 radical (unpaired) electrons. The molecule has 1 aliphatic carbocycles. The van der Waals surface area contributed by atoms with Crippen LogP contribution in [0.4, 0.5) is 0 Å². The van der Waals surface area contributed by atoms with E-state index in [0.29, 0.717) is 16.0 Å². The van der Waals surface area contributed by atoms with Gasteiger partial charge in [0.05, 0.1) is 6.04 Å². The molecule has 0 saturated heterocycles. The van der Waals surface area contributed by atoms with Crippen LogP contribution in [-0.4, -0.2) is 0 Å². The van der Waals surface area contributed by atoms with Crippen molar-refractivity contribution in [2.45, 2.75) is 31.2 Å². The highest BCUT2D eigenvalue weighted by atomic mass is 35.5. The monoisotopic (exact) mass is 320 g/mol. The number of hydrogen-bond donors (Lipinski definition) is 2. The number of nitrogens with one attached hydrogen (secondary N) is 1. The second-order valence-corrected chi connectivity index (χ2v) is 6.31. The van der Waals surface area contributed by atoms with E-state index in [-0.39, 0.29) is 6.04 Å². The molecule has 21 heavy (non-hydrogen) atoms. The molecule has 0 heterocycles. The lowest BCUT2D eigenvalue weighted by atomic mass is 9.76. The molecule has 1 unspecified atom stereocenters. The number of benzene rings is 2. The molecule has 1 aliphatic rings. The molecule has 1 atom stereocenters. The van der Waals surface area contributed by atoms with E-state index in [4.69, 9.17) is 29.0 Å². The fourth-order valence-electron chi connectivity index (χ4n) is 2.98. The van der Waals surface area contributed by atoms with Crippen molar-refractivity contribution >= 4 is 23.2 Å². The largest absolute Gasteiger partial charge is 0.271 e. The van der Waals surface area contributed by atoms with E-state index < -0.39 is 0 Å². The van der Waals surface area contributed by atoms with Crippen molar-refractivity contribution in [2.24, 2.45) is 5.84 Å². The molecule has 3 N–H and O–H groups in total. The van der Waals surface area contributed by atoms with E-state index in [0.717, 1.165) is 5.56 Å². The fourth-order valence-corrected chi connectivity index (χ4v) is 3.60. The van der Waals surface area contributed by atoms with Gasteiger partial charge in [0.15, 0.2) is 0 Å². The molecular weight excluding hydrogens is 303 g/mol. The molecule has 1 fully saturated rings. The average Bonchev–Trinajstić information content (AvgIpc) is 2.42. The smallest absolute Gasteiger partial charge is 0.0742 e. The molecule has 4 heteroatoms. The van der Waals surface area contributed by atoms with Gasteiger partial charge in [0.1, 0.15) is 0 Å². The number of hydrogen-bond acceptors (Lipinski definition) is 2. The lowest BCUT2D eigenvalue weighted by molar-refractivity contribution is 0.414. The molecule has 0 spiro atoms. The molecule has 0 aromatic heterocycles. The summed E-state index contributed by atoms with van der Waals surface area (Å²) in [5, 5.41) is 1.27. The van der Waals surface area contributed by atoms with Gasteiger partial charge in [0.2, 0.25) is 0 Å². The summed E-state index contributed by atoms with van der Waals surface area (Å²) in [4.78, 5) is 0. The quantitative estimate of drug-likeness (QED) is 0.626. The Balaban J connectivity index is 2.08. The Kier molecular flexibility index (Phi) is 4.51. The van der Waals surface area contributed by atoms with Crippen molar-refractivity contribution in [3.05, 3.63) is 69.2 Å². The Morgan fingerprint density at radius 2 is 1.67 bits per heavy atom. The van der Waals surface area contributed by atoms with Crippen LogP contribution in [-0.2, 0) is 0 Å². The van der Waals surface area contributed by atoms with Crippen LogP contribution >= 0.6 is 23.2 Å². The Morgan fingerprint density at radius 3 is 2.24 bits per heavy atom. The maximum atomic E-state index is 6.35. The van der Waals surface area contributed by atoms with Crippen molar-refractivity contribution in [2.75, 3.05) is 0 Å². The first-order valence-electron chi connectivity index (χ1n) is 7.21. The van der Waals surface area contributed by atoms with Crippen LogP contribution in [0.2, 0.25) is 10.0 Å². The third kappa shape index (κ3) is 2.82. The van der Waals surface area contributed by atoms with Gasteiger partial charge in [0.25, 0.3) is 0 Å². The van der Waals surface area contributed by atoms with E-state index in [1.165, 1.54) is 30.4 Å². The third-order valence-electron chi connectivity index (χ3n) is 4.31. The average molecular weight is 321 g/mol. The van der Waals surface area contributed by atoms with E-state index in [9.17, 15) is 0 Å². The highest BCUT2D eigenvalue weighted by Crippen LogP contribution is 2.42. The van der Waals surface area contributed by atoms with Crippen LogP contribution in [0.3, 0.4) is 0 Å². The highest BCUT2D eigenvalue weighted by molar-refractivity contribution is 6.36. The minimum absolute atomic E-state index is 0.192. The summed E-state index contributed by atoms with van der Waals surface area (Å²) in [6.07, 6.45) is 3.78. The molecule has 3 rings (SSSR count). The van der Waals surface area contributed by atoms with Crippen LogP contribution in [0.15, 0.2) is 42.5 Å². The van der Waals surface area contributed by atoms with Gasteiger partial charge in [-0.3, -0.25) is 5.84 Å². The third-order valence-corrected chi connectivity index (χ3v) is 4.97. The predicted molar refractivity (Wildman–Crippen MR) is 88.7 cm³/mol. The second-order valence-electron chi connectivity index (χ2n) is 5.49. The molecule has 0 amide bonds. The summed E-state index contributed by atoms with van der Waals surface area (Å²) in [5.41, 5.74) is 6.25. The minimum Gasteiger partial charge on any atom is -0.271 e. The minimum atomic E-state index is -0.192. The Morgan fingerprint density at radius 1 is 1.00 bits per heavy atom. The number of rotatable bonds is 4. The Bertz CT molecular complexity index is 618. The standard InChI is InChI=1S/C17H18Cl2N2/c18-14-9-4-10-15(19)16(14)17(21-20)13-8-2-1-7-12(13)11-5-3-6-11/h1-2,4,7-11,17,21H,3,5-6,20H2. The van der Waals surface area contributed by atoms with Gasteiger partial charge < -0.3 is 0 Å². The zero-order valence-electron chi connectivity index (χ0n) is 11.7. The summed E-state index contributed by atoms with van der Waals surface area (Å²) in [6.45, 7) is 0. The van der Waals surface area contributed by atoms with E-state index in [1.54, 1.807) is 0 Å². The summed E-state index contributed by atoms with van der Waals surface area (Å²) < 4.78 is 0. The van der Waals surface area contributed by atoms with Gasteiger partial charge in [-0.25, -0.2) is 5.43 Å². The molecule has 2 aromatic rings. The lowest BCUT2D eigenvalue weighted by Gasteiger charge is -2.31. The molecule has 2 nitrogen and oxygen atoms in total. The van der Waals surface area contributed by atoms with Crippen LogP contribution in [0.1, 0.15) is 47.9 Å². The van der Waals surface area contributed by atoms with E-state index in [1.807, 2.05) is 24.3 Å². The van der Waals surface area contributed by atoms with Crippen molar-refractivity contribution < 1.29 is 0 Å². The van der Waals surface area contributed by atoms with Crippen LogP contribution in [0.5, 0.6) is 0 Å². The maximum Gasteiger partial charge on any atom is 0.0742 e. The van der Waals surface area contributed by atoms with Gasteiger partial charge >= 0.3 is 0 Å². The molecule has 0 aliphatic heterocycles. The second kappa shape index (κ2) is 6.37. The molecular formula is C17H18Cl2N2. The van der Waals surface area contributed by atoms with Crippen LogP contribution in [0.25, 0.3) is 0 Å². The summed E-state index contributed by atoms with van der Waals surface area (Å²) in [7, 11) is 0. The van der Waals surface area contributed by atoms with Gasteiger partial charge in [-0.2, -0.15) is 0 Å². The number of hydrazine groups is 1.